The Balaban J connectivity index is 3.06. The first kappa shape index (κ1) is 13.6. The van der Waals surface area contributed by atoms with Gasteiger partial charge in [-0.15, -0.1) is 0 Å². The zero-order chi connectivity index (χ0) is 13.8. The van der Waals surface area contributed by atoms with Crippen LogP contribution < -0.4 is 5.32 Å². The quantitative estimate of drug-likeness (QED) is 0.799. The number of allylic oxidation sites excluding steroid dienone is 1. The van der Waals surface area contributed by atoms with Crippen LogP contribution in [0.25, 0.3) is 5.70 Å². The zero-order valence-corrected chi connectivity index (χ0v) is 8.82. The summed E-state index contributed by atoms with van der Waals surface area (Å²) in [5, 5.41) is 18.9. The smallest absolute Gasteiger partial charge is 0.416 e. The number of carboxylic acid groups (broad SMARTS) is 1. The number of hydrogen-bond donors (Lipinski definition) is 2. The highest BCUT2D eigenvalue weighted by Gasteiger charge is 2.30. The second-order valence-corrected chi connectivity index (χ2v) is 3.19. The Kier molecular flexibility index (Phi) is 3.94. The molecule has 0 saturated carbocycles. The molecule has 0 aliphatic carbocycles. The summed E-state index contributed by atoms with van der Waals surface area (Å²) in [5.74, 6) is 0. The minimum atomic E-state index is -4.46. The lowest BCUT2D eigenvalue weighted by molar-refractivity contribution is -0.137. The van der Waals surface area contributed by atoms with E-state index in [0.717, 1.165) is 30.3 Å². The number of benzene rings is 1. The molecule has 0 atom stereocenters. The highest BCUT2D eigenvalue weighted by atomic mass is 19.4. The second kappa shape index (κ2) is 5.23. The molecule has 0 aliphatic rings. The van der Waals surface area contributed by atoms with Gasteiger partial charge in [0.25, 0.3) is 0 Å². The van der Waals surface area contributed by atoms with Crippen LogP contribution in [0.2, 0.25) is 0 Å². The summed E-state index contributed by atoms with van der Waals surface area (Å²) in [7, 11) is 0. The van der Waals surface area contributed by atoms with Crippen LogP contribution in [-0.2, 0) is 6.18 Å². The molecular formula is C11H7F3N2O2. The molecule has 0 unspecified atom stereocenters. The lowest BCUT2D eigenvalue weighted by Crippen LogP contribution is -2.19. The van der Waals surface area contributed by atoms with Gasteiger partial charge in [-0.05, 0) is 17.7 Å². The molecule has 1 aromatic carbocycles. The maximum absolute atomic E-state index is 12.3. The number of nitriles is 1. The van der Waals surface area contributed by atoms with E-state index in [0.29, 0.717) is 0 Å². The molecule has 0 fully saturated rings. The van der Waals surface area contributed by atoms with Gasteiger partial charge in [-0.3, -0.25) is 5.32 Å². The Labute approximate surface area is 100.0 Å². The lowest BCUT2D eigenvalue weighted by atomic mass is 10.1. The maximum atomic E-state index is 12.3. The van der Waals surface area contributed by atoms with Gasteiger partial charge in [0.15, 0.2) is 0 Å². The number of nitrogens with one attached hydrogen (secondary N) is 1. The first-order valence-electron chi connectivity index (χ1n) is 4.62. The number of amides is 1. The van der Waals surface area contributed by atoms with Crippen LogP contribution in [0, 0.1) is 11.3 Å². The highest BCUT2D eigenvalue weighted by Crippen LogP contribution is 2.29. The molecule has 0 spiro atoms. The first-order valence-corrected chi connectivity index (χ1v) is 4.62. The Bertz CT molecular complexity index is 513. The topological polar surface area (TPSA) is 73.1 Å². The van der Waals surface area contributed by atoms with Gasteiger partial charge < -0.3 is 5.11 Å². The minimum Gasteiger partial charge on any atom is -0.465 e. The minimum absolute atomic E-state index is 0.0845. The van der Waals surface area contributed by atoms with E-state index >= 15 is 0 Å². The number of rotatable bonds is 2. The summed E-state index contributed by atoms with van der Waals surface area (Å²) in [5.41, 5.74) is -0.761. The van der Waals surface area contributed by atoms with Gasteiger partial charge in [-0.25, -0.2) is 4.79 Å². The SMILES string of the molecule is N#CC=C(NC(=O)O)c1ccc(C(F)(F)F)cc1. The standard InChI is InChI=1S/C11H7F3N2O2/c12-11(13,14)8-3-1-7(2-4-8)9(5-6-15)16-10(17)18/h1-5,16H,(H,17,18). The van der Waals surface area contributed by atoms with Crippen molar-refractivity contribution in [3.8, 4) is 6.07 Å². The predicted molar refractivity (Wildman–Crippen MR) is 56.2 cm³/mol. The third kappa shape index (κ3) is 3.52. The van der Waals surface area contributed by atoms with E-state index in [4.69, 9.17) is 10.4 Å². The molecule has 4 nitrogen and oxygen atoms in total. The molecule has 0 aliphatic heterocycles. The monoisotopic (exact) mass is 256 g/mol. The van der Waals surface area contributed by atoms with Crippen LogP contribution in [0.1, 0.15) is 11.1 Å². The van der Waals surface area contributed by atoms with Crippen molar-refractivity contribution in [2.75, 3.05) is 0 Å². The maximum Gasteiger partial charge on any atom is 0.416 e. The summed E-state index contributed by atoms with van der Waals surface area (Å²) in [6, 6.07) is 5.40. The van der Waals surface area contributed by atoms with Gasteiger partial charge in [0.05, 0.1) is 17.3 Å². The van der Waals surface area contributed by atoms with E-state index in [2.05, 4.69) is 0 Å². The van der Waals surface area contributed by atoms with E-state index < -0.39 is 17.8 Å². The van der Waals surface area contributed by atoms with E-state index in [9.17, 15) is 18.0 Å². The average molecular weight is 256 g/mol. The van der Waals surface area contributed by atoms with Gasteiger partial charge in [-0.2, -0.15) is 18.4 Å². The number of alkyl halides is 3. The van der Waals surface area contributed by atoms with Crippen molar-refractivity contribution in [3.05, 3.63) is 41.5 Å². The van der Waals surface area contributed by atoms with Crippen molar-refractivity contribution in [2.45, 2.75) is 6.18 Å². The van der Waals surface area contributed by atoms with Crippen LogP contribution >= 0.6 is 0 Å². The van der Waals surface area contributed by atoms with Gasteiger partial charge in [0.2, 0.25) is 0 Å². The number of carbonyl (C=O) groups is 1. The van der Waals surface area contributed by atoms with E-state index in [1.54, 1.807) is 6.07 Å². The molecule has 0 saturated heterocycles. The van der Waals surface area contributed by atoms with E-state index in [-0.39, 0.29) is 11.3 Å². The molecule has 2 N–H and O–H groups in total. The Morgan fingerprint density at radius 2 is 1.89 bits per heavy atom. The molecule has 94 valence electrons. The van der Waals surface area contributed by atoms with Gasteiger partial charge in [0, 0.05) is 6.08 Å². The molecule has 0 bridgehead atoms. The third-order valence-corrected chi connectivity index (χ3v) is 1.97. The fraction of sp³-hybridized carbons (Fsp3) is 0.0909. The largest absolute Gasteiger partial charge is 0.465 e. The molecule has 7 heteroatoms. The molecule has 18 heavy (non-hydrogen) atoms. The normalized spacial score (nSPS) is 11.8. The van der Waals surface area contributed by atoms with Crippen molar-refractivity contribution >= 4 is 11.8 Å². The van der Waals surface area contributed by atoms with Crippen molar-refractivity contribution in [3.63, 3.8) is 0 Å². The summed E-state index contributed by atoms with van der Waals surface area (Å²) < 4.78 is 36.9. The van der Waals surface area contributed by atoms with E-state index in [1.807, 2.05) is 5.32 Å². The second-order valence-electron chi connectivity index (χ2n) is 3.19. The molecule has 1 aromatic rings. The Hall–Kier alpha value is -2.49. The zero-order valence-electron chi connectivity index (χ0n) is 8.82. The summed E-state index contributed by atoms with van der Waals surface area (Å²) in [6.45, 7) is 0. The van der Waals surface area contributed by atoms with Crippen molar-refractivity contribution in [1.29, 1.82) is 5.26 Å². The molecule has 0 radical (unpaired) electrons. The fourth-order valence-electron chi connectivity index (χ4n) is 1.21. The molecule has 0 aromatic heterocycles. The fourth-order valence-corrected chi connectivity index (χ4v) is 1.21. The number of nitrogens with zero attached hydrogens (tertiary/aromatic N) is 1. The molecular weight excluding hydrogens is 249 g/mol. The average Bonchev–Trinajstić information content (AvgIpc) is 2.27. The van der Waals surface area contributed by atoms with Crippen LogP contribution in [0.5, 0.6) is 0 Å². The van der Waals surface area contributed by atoms with Crippen LogP contribution in [0.15, 0.2) is 30.3 Å². The van der Waals surface area contributed by atoms with Crippen LogP contribution in [0.4, 0.5) is 18.0 Å². The summed E-state index contributed by atoms with van der Waals surface area (Å²) in [4.78, 5) is 10.4. The van der Waals surface area contributed by atoms with Gasteiger partial charge in [-0.1, -0.05) is 12.1 Å². The van der Waals surface area contributed by atoms with E-state index in [1.165, 1.54) is 0 Å². The first-order chi connectivity index (χ1) is 8.34. The van der Waals surface area contributed by atoms with Gasteiger partial charge in [0.1, 0.15) is 0 Å². The lowest BCUT2D eigenvalue weighted by Gasteiger charge is -2.09. The predicted octanol–water partition coefficient (Wildman–Crippen LogP) is 2.84. The molecule has 1 amide bonds. The Morgan fingerprint density at radius 1 is 1.33 bits per heavy atom. The third-order valence-electron chi connectivity index (χ3n) is 1.97. The van der Waals surface area contributed by atoms with Crippen LogP contribution in [-0.4, -0.2) is 11.2 Å². The number of hydrogen-bond acceptors (Lipinski definition) is 2. The van der Waals surface area contributed by atoms with Gasteiger partial charge >= 0.3 is 12.3 Å². The van der Waals surface area contributed by atoms with Crippen LogP contribution in [0.3, 0.4) is 0 Å². The summed E-state index contributed by atoms with van der Waals surface area (Å²) in [6.07, 6.45) is -4.97. The van der Waals surface area contributed by atoms with Crippen molar-refractivity contribution in [2.24, 2.45) is 0 Å². The van der Waals surface area contributed by atoms with Crippen molar-refractivity contribution in [1.82, 2.24) is 5.32 Å². The number of halogens is 3. The molecule has 0 heterocycles. The molecule has 1 rings (SSSR count). The van der Waals surface area contributed by atoms with Crippen molar-refractivity contribution < 1.29 is 23.1 Å². The highest BCUT2D eigenvalue weighted by molar-refractivity contribution is 5.81. The summed E-state index contributed by atoms with van der Waals surface area (Å²) >= 11 is 0. The Morgan fingerprint density at radius 3 is 2.28 bits per heavy atom.